The van der Waals surface area contributed by atoms with E-state index in [0.717, 1.165) is 40.8 Å². The quantitative estimate of drug-likeness (QED) is 0.868. The molecular weight excluding hydrogens is 298 g/mol. The van der Waals surface area contributed by atoms with Crippen LogP contribution in [0.2, 0.25) is 0 Å². The van der Waals surface area contributed by atoms with E-state index in [1.807, 2.05) is 30.5 Å². The second-order valence-electron chi connectivity index (χ2n) is 6.41. The number of carbonyl (C=O) groups is 1. The van der Waals surface area contributed by atoms with Gasteiger partial charge in [-0.3, -0.25) is 4.79 Å². The molecule has 1 fully saturated rings. The SMILES string of the molecule is Cc1nn(C)c2nc(N3CCN(CC(C)C)C(=O)[C@@H]3C)sc12. The fraction of sp³-hybridized carbons (Fsp3) is 0.667. The Bertz CT molecular complexity index is 670. The Morgan fingerprint density at radius 1 is 1.36 bits per heavy atom. The summed E-state index contributed by atoms with van der Waals surface area (Å²) in [5.74, 6) is 0.702. The van der Waals surface area contributed by atoms with E-state index >= 15 is 0 Å². The summed E-state index contributed by atoms with van der Waals surface area (Å²) in [5, 5.41) is 5.31. The summed E-state index contributed by atoms with van der Waals surface area (Å²) in [4.78, 5) is 21.4. The van der Waals surface area contributed by atoms with Gasteiger partial charge in [0.05, 0.1) is 10.4 Å². The first-order valence-corrected chi connectivity index (χ1v) is 8.55. The van der Waals surface area contributed by atoms with Crippen LogP contribution < -0.4 is 4.90 Å². The minimum absolute atomic E-state index is 0.152. The topological polar surface area (TPSA) is 54.3 Å². The van der Waals surface area contributed by atoms with E-state index in [4.69, 9.17) is 4.98 Å². The number of hydrogen-bond acceptors (Lipinski definition) is 5. The lowest BCUT2D eigenvalue weighted by Crippen LogP contribution is -2.56. The fourth-order valence-electron chi connectivity index (χ4n) is 3.01. The van der Waals surface area contributed by atoms with Crippen LogP contribution in [-0.2, 0) is 11.8 Å². The van der Waals surface area contributed by atoms with Gasteiger partial charge >= 0.3 is 0 Å². The van der Waals surface area contributed by atoms with Gasteiger partial charge in [0.15, 0.2) is 10.8 Å². The molecule has 2 aromatic heterocycles. The second-order valence-corrected chi connectivity index (χ2v) is 7.38. The average molecular weight is 321 g/mol. The predicted molar refractivity (Wildman–Crippen MR) is 89.3 cm³/mol. The number of piperazine rings is 1. The summed E-state index contributed by atoms with van der Waals surface area (Å²) in [7, 11) is 1.91. The number of thiazole rings is 1. The van der Waals surface area contributed by atoms with Crippen molar-refractivity contribution in [2.45, 2.75) is 33.7 Å². The van der Waals surface area contributed by atoms with Crippen LogP contribution in [0.4, 0.5) is 5.13 Å². The van der Waals surface area contributed by atoms with Crippen molar-refractivity contribution in [3.05, 3.63) is 5.69 Å². The zero-order chi connectivity index (χ0) is 16.0. The lowest BCUT2D eigenvalue weighted by molar-refractivity contribution is -0.134. The van der Waals surface area contributed by atoms with Gasteiger partial charge in [0.1, 0.15) is 6.04 Å². The van der Waals surface area contributed by atoms with Gasteiger partial charge in [0.2, 0.25) is 5.91 Å². The molecule has 0 aliphatic carbocycles. The van der Waals surface area contributed by atoms with Crippen LogP contribution in [0.3, 0.4) is 0 Å². The molecule has 1 aliphatic rings. The Hall–Kier alpha value is -1.63. The largest absolute Gasteiger partial charge is 0.339 e. The van der Waals surface area contributed by atoms with Gasteiger partial charge in [-0.2, -0.15) is 5.10 Å². The first-order chi connectivity index (χ1) is 10.4. The first kappa shape index (κ1) is 15.3. The third-order valence-electron chi connectivity index (χ3n) is 4.11. The highest BCUT2D eigenvalue weighted by Crippen LogP contribution is 2.32. The molecule has 3 rings (SSSR count). The molecule has 6 nitrogen and oxygen atoms in total. The van der Waals surface area contributed by atoms with E-state index in [1.165, 1.54) is 0 Å². The standard InChI is InChI=1S/C15H23N5OS/c1-9(2)8-19-6-7-20(11(4)14(19)21)15-16-13-12(22-15)10(3)17-18(13)5/h9,11H,6-8H2,1-5H3/t11-/m0/s1. The maximum Gasteiger partial charge on any atom is 0.245 e. The van der Waals surface area contributed by atoms with Crippen molar-refractivity contribution in [3.8, 4) is 0 Å². The van der Waals surface area contributed by atoms with Crippen LogP contribution in [0.1, 0.15) is 26.5 Å². The van der Waals surface area contributed by atoms with Crippen LogP contribution in [0.15, 0.2) is 0 Å². The number of hydrogen-bond donors (Lipinski definition) is 0. The minimum Gasteiger partial charge on any atom is -0.339 e. The maximum atomic E-state index is 12.6. The third kappa shape index (κ3) is 2.47. The molecule has 3 heterocycles. The molecule has 1 atom stereocenters. The number of carbonyl (C=O) groups excluding carboxylic acids is 1. The van der Waals surface area contributed by atoms with Crippen molar-refractivity contribution in [2.24, 2.45) is 13.0 Å². The zero-order valence-electron chi connectivity index (χ0n) is 13.8. The number of anilines is 1. The van der Waals surface area contributed by atoms with Crippen molar-refractivity contribution < 1.29 is 4.79 Å². The van der Waals surface area contributed by atoms with Crippen molar-refractivity contribution >= 4 is 32.7 Å². The Kier molecular flexibility index (Phi) is 3.84. The molecular formula is C15H23N5OS. The summed E-state index contributed by atoms with van der Waals surface area (Å²) < 4.78 is 2.92. The number of amides is 1. The smallest absolute Gasteiger partial charge is 0.245 e. The van der Waals surface area contributed by atoms with E-state index in [0.29, 0.717) is 5.92 Å². The average Bonchev–Trinajstić information content (AvgIpc) is 2.98. The molecule has 0 radical (unpaired) electrons. The van der Waals surface area contributed by atoms with E-state index in [-0.39, 0.29) is 11.9 Å². The Morgan fingerprint density at radius 2 is 2.09 bits per heavy atom. The first-order valence-electron chi connectivity index (χ1n) is 7.74. The summed E-state index contributed by atoms with van der Waals surface area (Å²) >= 11 is 1.63. The lowest BCUT2D eigenvalue weighted by atomic mass is 10.1. The molecule has 120 valence electrons. The number of rotatable bonds is 3. The van der Waals surface area contributed by atoms with Gasteiger partial charge in [-0.15, -0.1) is 0 Å². The van der Waals surface area contributed by atoms with Crippen LogP contribution in [0, 0.1) is 12.8 Å². The van der Waals surface area contributed by atoms with E-state index in [2.05, 4.69) is 23.8 Å². The second kappa shape index (κ2) is 5.53. The molecule has 0 unspecified atom stereocenters. The Labute approximate surface area is 134 Å². The van der Waals surface area contributed by atoms with E-state index < -0.39 is 0 Å². The summed E-state index contributed by atoms with van der Waals surface area (Å²) in [6.07, 6.45) is 0. The van der Waals surface area contributed by atoms with E-state index in [1.54, 1.807) is 11.3 Å². The molecule has 0 spiro atoms. The Balaban J connectivity index is 1.85. The van der Waals surface area contributed by atoms with Crippen LogP contribution >= 0.6 is 11.3 Å². The van der Waals surface area contributed by atoms with Crippen LogP contribution in [0.5, 0.6) is 0 Å². The molecule has 0 N–H and O–H groups in total. The van der Waals surface area contributed by atoms with Gasteiger partial charge < -0.3 is 9.80 Å². The molecule has 1 amide bonds. The zero-order valence-corrected chi connectivity index (χ0v) is 14.6. The highest BCUT2D eigenvalue weighted by Gasteiger charge is 2.33. The van der Waals surface area contributed by atoms with Gasteiger partial charge in [0.25, 0.3) is 0 Å². The van der Waals surface area contributed by atoms with Crippen molar-refractivity contribution in [1.82, 2.24) is 19.7 Å². The predicted octanol–water partition coefficient (Wildman–Crippen LogP) is 2.03. The highest BCUT2D eigenvalue weighted by atomic mass is 32.1. The fourth-order valence-corrected chi connectivity index (χ4v) is 4.15. The maximum absolute atomic E-state index is 12.6. The third-order valence-corrected chi connectivity index (χ3v) is 5.30. The molecule has 0 aromatic carbocycles. The lowest BCUT2D eigenvalue weighted by Gasteiger charge is -2.39. The molecule has 2 aromatic rings. The number of nitrogens with zero attached hydrogens (tertiary/aromatic N) is 5. The van der Waals surface area contributed by atoms with Gasteiger partial charge in [0, 0.05) is 26.7 Å². The van der Waals surface area contributed by atoms with Gasteiger partial charge in [-0.1, -0.05) is 25.2 Å². The van der Waals surface area contributed by atoms with Crippen LogP contribution in [0.25, 0.3) is 10.3 Å². The molecule has 0 saturated carbocycles. The molecule has 1 saturated heterocycles. The number of aryl methyl sites for hydroxylation is 2. The number of fused-ring (bicyclic) bond motifs is 1. The van der Waals surface area contributed by atoms with Crippen molar-refractivity contribution in [3.63, 3.8) is 0 Å². The molecule has 22 heavy (non-hydrogen) atoms. The number of aromatic nitrogens is 3. The molecule has 0 bridgehead atoms. The van der Waals surface area contributed by atoms with E-state index in [9.17, 15) is 4.79 Å². The summed E-state index contributed by atoms with van der Waals surface area (Å²) in [5.41, 5.74) is 1.90. The normalized spacial score (nSPS) is 19.7. The molecule has 1 aliphatic heterocycles. The highest BCUT2D eigenvalue weighted by molar-refractivity contribution is 7.22. The summed E-state index contributed by atoms with van der Waals surface area (Å²) in [6.45, 7) is 10.7. The van der Waals surface area contributed by atoms with Crippen LogP contribution in [-0.4, -0.2) is 51.2 Å². The van der Waals surface area contributed by atoms with Gasteiger partial charge in [-0.05, 0) is 19.8 Å². The minimum atomic E-state index is -0.152. The Morgan fingerprint density at radius 3 is 2.73 bits per heavy atom. The summed E-state index contributed by atoms with van der Waals surface area (Å²) in [6, 6.07) is -0.152. The van der Waals surface area contributed by atoms with Crippen molar-refractivity contribution in [2.75, 3.05) is 24.5 Å². The van der Waals surface area contributed by atoms with Crippen molar-refractivity contribution in [1.29, 1.82) is 0 Å². The molecule has 7 heteroatoms. The monoisotopic (exact) mass is 321 g/mol. The van der Waals surface area contributed by atoms with Gasteiger partial charge in [-0.25, -0.2) is 9.67 Å².